The molecule has 0 aliphatic carbocycles. The Bertz CT molecular complexity index is 560. The van der Waals surface area contributed by atoms with Crippen LogP contribution in [-0.4, -0.2) is 76.7 Å². The number of aliphatic carboxylic acids is 1. The standard InChI is InChI=1S/C16H21N3O4/c20-15(13-3-1-2-5-17-13)19-6-4-12(11-14(19)16(21)22)18-7-9-23-10-8-18/h1-3,5,12,14H,4,6-11H2,(H,21,22). The number of likely N-dealkylation sites (tertiary alicyclic amines) is 1. The molecule has 1 amide bonds. The minimum Gasteiger partial charge on any atom is -0.480 e. The zero-order chi connectivity index (χ0) is 16.2. The van der Waals surface area contributed by atoms with Gasteiger partial charge in [0.15, 0.2) is 0 Å². The first-order valence-corrected chi connectivity index (χ1v) is 7.93. The summed E-state index contributed by atoms with van der Waals surface area (Å²) in [6.45, 7) is 3.46. The Kier molecular flexibility index (Phi) is 4.88. The van der Waals surface area contributed by atoms with Gasteiger partial charge in [0, 0.05) is 31.9 Å². The second kappa shape index (κ2) is 7.06. The minimum absolute atomic E-state index is 0.188. The number of carboxylic acid groups (broad SMARTS) is 1. The molecule has 2 fully saturated rings. The molecule has 1 aromatic rings. The van der Waals surface area contributed by atoms with E-state index in [-0.39, 0.29) is 11.9 Å². The average Bonchev–Trinajstić information content (AvgIpc) is 2.62. The second-order valence-electron chi connectivity index (χ2n) is 5.89. The second-order valence-corrected chi connectivity index (χ2v) is 5.89. The molecule has 7 nitrogen and oxygen atoms in total. The number of ether oxygens (including phenoxy) is 1. The maximum atomic E-state index is 12.6. The van der Waals surface area contributed by atoms with Crippen molar-refractivity contribution in [1.29, 1.82) is 0 Å². The van der Waals surface area contributed by atoms with Gasteiger partial charge in [0.2, 0.25) is 0 Å². The highest BCUT2D eigenvalue weighted by atomic mass is 16.5. The van der Waals surface area contributed by atoms with Crippen molar-refractivity contribution in [2.45, 2.75) is 24.9 Å². The number of morpholine rings is 1. The van der Waals surface area contributed by atoms with Crippen molar-refractivity contribution in [2.75, 3.05) is 32.8 Å². The molecule has 0 saturated carbocycles. The maximum absolute atomic E-state index is 12.6. The molecule has 7 heteroatoms. The molecule has 1 N–H and O–H groups in total. The maximum Gasteiger partial charge on any atom is 0.326 e. The number of carbonyl (C=O) groups excluding carboxylic acids is 1. The normalized spacial score (nSPS) is 26.0. The number of hydrogen-bond acceptors (Lipinski definition) is 5. The van der Waals surface area contributed by atoms with Crippen molar-refractivity contribution in [3.05, 3.63) is 30.1 Å². The van der Waals surface area contributed by atoms with Crippen molar-refractivity contribution in [1.82, 2.24) is 14.8 Å². The van der Waals surface area contributed by atoms with E-state index in [9.17, 15) is 14.7 Å². The van der Waals surface area contributed by atoms with Crippen LogP contribution >= 0.6 is 0 Å². The molecule has 0 aromatic carbocycles. The van der Waals surface area contributed by atoms with Crippen LogP contribution in [0.3, 0.4) is 0 Å². The van der Waals surface area contributed by atoms with E-state index < -0.39 is 12.0 Å². The zero-order valence-corrected chi connectivity index (χ0v) is 12.9. The third-order valence-electron chi connectivity index (χ3n) is 4.57. The molecule has 2 unspecified atom stereocenters. The monoisotopic (exact) mass is 319 g/mol. The smallest absolute Gasteiger partial charge is 0.326 e. The van der Waals surface area contributed by atoms with Crippen molar-refractivity contribution in [3.8, 4) is 0 Å². The average molecular weight is 319 g/mol. The Morgan fingerprint density at radius 3 is 2.65 bits per heavy atom. The molecule has 0 spiro atoms. The van der Waals surface area contributed by atoms with Crippen molar-refractivity contribution in [2.24, 2.45) is 0 Å². The van der Waals surface area contributed by atoms with E-state index in [4.69, 9.17) is 4.74 Å². The van der Waals surface area contributed by atoms with Crippen LogP contribution in [0.1, 0.15) is 23.3 Å². The molecule has 0 radical (unpaired) electrons. The van der Waals surface area contributed by atoms with Gasteiger partial charge >= 0.3 is 5.97 Å². The number of rotatable bonds is 3. The molecule has 0 bridgehead atoms. The van der Waals surface area contributed by atoms with Gasteiger partial charge in [-0.1, -0.05) is 6.07 Å². The van der Waals surface area contributed by atoms with Gasteiger partial charge < -0.3 is 14.7 Å². The molecule has 2 aliphatic rings. The first-order valence-electron chi connectivity index (χ1n) is 7.93. The number of hydrogen-bond donors (Lipinski definition) is 1. The van der Waals surface area contributed by atoms with Crippen molar-refractivity contribution >= 4 is 11.9 Å². The van der Waals surface area contributed by atoms with E-state index in [0.717, 1.165) is 19.5 Å². The summed E-state index contributed by atoms with van der Waals surface area (Å²) in [6, 6.07) is 4.47. The topological polar surface area (TPSA) is 83.0 Å². The van der Waals surface area contributed by atoms with Gasteiger partial charge in [-0.3, -0.25) is 14.7 Å². The highest BCUT2D eigenvalue weighted by Gasteiger charge is 2.39. The molecule has 1 aromatic heterocycles. The number of amides is 1. The lowest BCUT2D eigenvalue weighted by atomic mass is 9.95. The van der Waals surface area contributed by atoms with Crippen LogP contribution in [-0.2, 0) is 9.53 Å². The largest absolute Gasteiger partial charge is 0.480 e. The lowest BCUT2D eigenvalue weighted by Gasteiger charge is -2.42. The summed E-state index contributed by atoms with van der Waals surface area (Å²) in [4.78, 5) is 32.0. The summed E-state index contributed by atoms with van der Waals surface area (Å²) >= 11 is 0. The molecule has 23 heavy (non-hydrogen) atoms. The van der Waals surface area contributed by atoms with Crippen LogP contribution < -0.4 is 0 Å². The summed E-state index contributed by atoms with van der Waals surface area (Å²) in [5, 5.41) is 9.56. The summed E-state index contributed by atoms with van der Waals surface area (Å²) in [5.74, 6) is -1.26. The number of nitrogens with zero attached hydrogens (tertiary/aromatic N) is 3. The zero-order valence-electron chi connectivity index (χ0n) is 12.9. The van der Waals surface area contributed by atoms with E-state index in [1.165, 1.54) is 4.90 Å². The predicted octanol–water partition coefficient (Wildman–Crippen LogP) is 0.472. The summed E-state index contributed by atoms with van der Waals surface area (Å²) < 4.78 is 5.35. The predicted molar refractivity (Wildman–Crippen MR) is 82.1 cm³/mol. The summed E-state index contributed by atoms with van der Waals surface area (Å²) in [6.07, 6.45) is 2.78. The lowest BCUT2D eigenvalue weighted by molar-refractivity contribution is -0.144. The van der Waals surface area contributed by atoms with Gasteiger partial charge in [-0.05, 0) is 25.0 Å². The molecule has 124 valence electrons. The number of piperidine rings is 1. The van der Waals surface area contributed by atoms with Crippen LogP contribution in [0.25, 0.3) is 0 Å². The summed E-state index contributed by atoms with van der Waals surface area (Å²) in [7, 11) is 0. The van der Waals surface area contributed by atoms with Crippen LogP contribution in [0.4, 0.5) is 0 Å². The van der Waals surface area contributed by atoms with Crippen LogP contribution in [0.2, 0.25) is 0 Å². The molecular formula is C16H21N3O4. The Labute approximate surface area is 134 Å². The van der Waals surface area contributed by atoms with Gasteiger partial charge in [0.05, 0.1) is 13.2 Å². The van der Waals surface area contributed by atoms with E-state index in [1.54, 1.807) is 24.4 Å². The molecule has 2 saturated heterocycles. The Balaban J connectivity index is 1.72. The van der Waals surface area contributed by atoms with E-state index in [0.29, 0.717) is 31.9 Å². The number of carboxylic acids is 1. The minimum atomic E-state index is -0.952. The fourth-order valence-electron chi connectivity index (χ4n) is 3.33. The van der Waals surface area contributed by atoms with E-state index in [1.807, 2.05) is 0 Å². The van der Waals surface area contributed by atoms with Gasteiger partial charge in [-0.15, -0.1) is 0 Å². The highest BCUT2D eigenvalue weighted by Crippen LogP contribution is 2.24. The van der Waals surface area contributed by atoms with Crippen LogP contribution in [0.5, 0.6) is 0 Å². The van der Waals surface area contributed by atoms with E-state index in [2.05, 4.69) is 9.88 Å². The Morgan fingerprint density at radius 2 is 2.00 bits per heavy atom. The highest BCUT2D eigenvalue weighted by molar-refractivity contribution is 5.95. The molecular weight excluding hydrogens is 298 g/mol. The number of pyridine rings is 1. The molecule has 3 rings (SSSR count). The van der Waals surface area contributed by atoms with Gasteiger partial charge in [-0.25, -0.2) is 4.79 Å². The van der Waals surface area contributed by atoms with Crippen LogP contribution in [0.15, 0.2) is 24.4 Å². The Hall–Kier alpha value is -1.99. The van der Waals surface area contributed by atoms with Gasteiger partial charge in [0.25, 0.3) is 5.91 Å². The van der Waals surface area contributed by atoms with Gasteiger partial charge in [-0.2, -0.15) is 0 Å². The van der Waals surface area contributed by atoms with Gasteiger partial charge in [0.1, 0.15) is 11.7 Å². The first-order chi connectivity index (χ1) is 11.2. The quantitative estimate of drug-likeness (QED) is 0.872. The van der Waals surface area contributed by atoms with E-state index >= 15 is 0 Å². The number of aromatic nitrogens is 1. The number of carbonyl (C=O) groups is 2. The SMILES string of the molecule is O=C(O)C1CC(N2CCOCC2)CCN1C(=O)c1ccccn1. The fourth-order valence-corrected chi connectivity index (χ4v) is 3.33. The fraction of sp³-hybridized carbons (Fsp3) is 0.562. The molecule has 2 aliphatic heterocycles. The molecule has 2 atom stereocenters. The lowest BCUT2D eigenvalue weighted by Crippen LogP contribution is -2.56. The molecule has 3 heterocycles. The van der Waals surface area contributed by atoms with Crippen molar-refractivity contribution in [3.63, 3.8) is 0 Å². The van der Waals surface area contributed by atoms with Crippen LogP contribution in [0, 0.1) is 0 Å². The summed E-state index contributed by atoms with van der Waals surface area (Å²) in [5.41, 5.74) is 0.295. The third-order valence-corrected chi connectivity index (χ3v) is 4.57. The Morgan fingerprint density at radius 1 is 1.22 bits per heavy atom. The van der Waals surface area contributed by atoms with Crippen molar-refractivity contribution < 1.29 is 19.4 Å². The third kappa shape index (κ3) is 3.51. The first kappa shape index (κ1) is 15.9.